The molecule has 6 nitrogen and oxygen atoms in total. The van der Waals surface area contributed by atoms with Crippen LogP contribution in [-0.2, 0) is 20.9 Å². The van der Waals surface area contributed by atoms with E-state index >= 15 is 0 Å². The van der Waals surface area contributed by atoms with Gasteiger partial charge in [-0.25, -0.2) is 0 Å². The van der Waals surface area contributed by atoms with Crippen molar-refractivity contribution in [1.82, 2.24) is 0 Å². The van der Waals surface area contributed by atoms with E-state index in [1.807, 2.05) is 24.3 Å². The molecule has 39 heavy (non-hydrogen) atoms. The van der Waals surface area contributed by atoms with Gasteiger partial charge >= 0.3 is 5.97 Å². The van der Waals surface area contributed by atoms with E-state index in [2.05, 4.69) is 6.92 Å². The summed E-state index contributed by atoms with van der Waals surface area (Å²) in [4.78, 5) is 24.4. The van der Waals surface area contributed by atoms with Gasteiger partial charge in [-0.3, -0.25) is 9.59 Å². The molecule has 0 amide bonds. The number of benzene rings is 2. The highest BCUT2D eigenvalue weighted by Crippen LogP contribution is 2.18. The summed E-state index contributed by atoms with van der Waals surface area (Å²) in [6.45, 7) is 2.66. The summed E-state index contributed by atoms with van der Waals surface area (Å²) in [5, 5.41) is 0. The summed E-state index contributed by atoms with van der Waals surface area (Å²) in [5.41, 5.74) is 14.4. The Bertz CT molecular complexity index is 928. The van der Waals surface area contributed by atoms with Crippen LogP contribution in [0.4, 0.5) is 11.4 Å². The first kappa shape index (κ1) is 32.4. The SMILES string of the molecule is CCCCCC[C@H](CCCCCCCCCCC(=O)OCc1ccc(N)cc1)OCC(=O)c1ccc(N)cc1. The molecule has 0 spiro atoms. The number of nitrogens with two attached hydrogens (primary N) is 2. The molecule has 2 rings (SSSR count). The number of nitrogen functional groups attached to an aromatic ring is 2. The van der Waals surface area contributed by atoms with Gasteiger partial charge in [0.2, 0.25) is 0 Å². The van der Waals surface area contributed by atoms with Gasteiger partial charge in [0.25, 0.3) is 0 Å². The van der Waals surface area contributed by atoms with Crippen molar-refractivity contribution in [2.45, 2.75) is 116 Å². The van der Waals surface area contributed by atoms with E-state index in [9.17, 15) is 9.59 Å². The van der Waals surface area contributed by atoms with Crippen molar-refractivity contribution >= 4 is 23.1 Å². The van der Waals surface area contributed by atoms with Gasteiger partial charge in [-0.1, -0.05) is 89.7 Å². The number of carbonyl (C=O) groups is 2. The van der Waals surface area contributed by atoms with Crippen molar-refractivity contribution in [2.24, 2.45) is 0 Å². The lowest BCUT2D eigenvalue weighted by molar-refractivity contribution is -0.145. The molecule has 6 heteroatoms. The molecule has 0 saturated heterocycles. The van der Waals surface area contributed by atoms with Crippen molar-refractivity contribution in [3.8, 4) is 0 Å². The Morgan fingerprint density at radius 3 is 1.79 bits per heavy atom. The molecule has 0 unspecified atom stereocenters. The molecule has 0 bridgehead atoms. The molecule has 216 valence electrons. The quantitative estimate of drug-likeness (QED) is 0.0680. The Balaban J connectivity index is 1.51. The van der Waals surface area contributed by atoms with E-state index in [0.717, 1.165) is 50.5 Å². The number of hydrogen-bond acceptors (Lipinski definition) is 6. The molecule has 0 radical (unpaired) electrons. The predicted molar refractivity (Wildman–Crippen MR) is 161 cm³/mol. The second kappa shape index (κ2) is 20.1. The van der Waals surface area contributed by atoms with Gasteiger partial charge in [-0.05, 0) is 61.2 Å². The summed E-state index contributed by atoms with van der Waals surface area (Å²) in [6, 6.07) is 14.5. The molecule has 2 aromatic carbocycles. The van der Waals surface area contributed by atoms with Crippen LogP contribution in [-0.4, -0.2) is 24.5 Å². The highest BCUT2D eigenvalue weighted by Gasteiger charge is 2.13. The number of Topliss-reactive ketones (excluding diaryl/α,β-unsaturated/α-hetero) is 1. The molecule has 0 saturated carbocycles. The van der Waals surface area contributed by atoms with Crippen molar-refractivity contribution in [3.63, 3.8) is 0 Å². The van der Waals surface area contributed by atoms with Crippen LogP contribution in [0.3, 0.4) is 0 Å². The van der Waals surface area contributed by atoms with Crippen molar-refractivity contribution in [3.05, 3.63) is 59.7 Å². The first-order valence-electron chi connectivity index (χ1n) is 15.0. The van der Waals surface area contributed by atoms with Crippen LogP contribution in [0.1, 0.15) is 119 Å². The molecule has 4 N–H and O–H groups in total. The fourth-order valence-corrected chi connectivity index (χ4v) is 4.61. The highest BCUT2D eigenvalue weighted by atomic mass is 16.5. The Labute approximate surface area is 235 Å². The van der Waals surface area contributed by atoms with Crippen LogP contribution in [0, 0.1) is 0 Å². The standard InChI is InChI=1S/C33H50N2O4/c1-2-3-4-11-14-31(38-26-32(36)28-19-23-30(35)24-20-28)15-12-9-7-5-6-8-10-13-16-33(37)39-25-27-17-21-29(34)22-18-27/h17-24,31H,2-16,25-26,34-35H2,1H3/t31-/m1/s1. The molecule has 0 aromatic heterocycles. The first-order valence-corrected chi connectivity index (χ1v) is 15.0. The molecule has 0 aliphatic carbocycles. The molecule has 2 aromatic rings. The van der Waals surface area contributed by atoms with Gasteiger partial charge < -0.3 is 20.9 Å². The van der Waals surface area contributed by atoms with Gasteiger partial charge in [0.15, 0.2) is 5.78 Å². The number of ketones is 1. The minimum absolute atomic E-state index is 0.0172. The third-order valence-corrected chi connectivity index (χ3v) is 7.10. The fourth-order valence-electron chi connectivity index (χ4n) is 4.61. The van der Waals surface area contributed by atoms with E-state index < -0.39 is 0 Å². The van der Waals surface area contributed by atoms with Gasteiger partial charge in [0.05, 0.1) is 6.10 Å². The number of esters is 1. The van der Waals surface area contributed by atoms with Crippen LogP contribution in [0.2, 0.25) is 0 Å². The van der Waals surface area contributed by atoms with Gasteiger partial charge in [0.1, 0.15) is 13.2 Å². The number of rotatable bonds is 22. The van der Waals surface area contributed by atoms with Gasteiger partial charge in [-0.15, -0.1) is 0 Å². The van der Waals surface area contributed by atoms with E-state index in [1.54, 1.807) is 24.3 Å². The third-order valence-electron chi connectivity index (χ3n) is 7.10. The first-order chi connectivity index (χ1) is 19.0. The third kappa shape index (κ3) is 15.4. The molecule has 0 fully saturated rings. The van der Waals surface area contributed by atoms with Crippen LogP contribution in [0.15, 0.2) is 48.5 Å². The van der Waals surface area contributed by atoms with Gasteiger partial charge in [-0.2, -0.15) is 0 Å². The van der Waals surface area contributed by atoms with Crippen LogP contribution in [0.5, 0.6) is 0 Å². The van der Waals surface area contributed by atoms with E-state index in [1.165, 1.54) is 44.9 Å². The van der Waals surface area contributed by atoms with Crippen molar-refractivity contribution < 1.29 is 19.1 Å². The van der Waals surface area contributed by atoms with Gasteiger partial charge in [0, 0.05) is 23.4 Å². The lowest BCUT2D eigenvalue weighted by Gasteiger charge is -2.18. The number of carbonyl (C=O) groups excluding carboxylic acids is 2. The highest BCUT2D eigenvalue weighted by molar-refractivity contribution is 5.97. The monoisotopic (exact) mass is 538 g/mol. The lowest BCUT2D eigenvalue weighted by atomic mass is 10.0. The summed E-state index contributed by atoms with van der Waals surface area (Å²) in [6.07, 6.45) is 16.6. The van der Waals surface area contributed by atoms with Crippen LogP contribution in [0.25, 0.3) is 0 Å². The maximum Gasteiger partial charge on any atom is 0.306 e. The Morgan fingerprint density at radius 2 is 1.21 bits per heavy atom. The molecule has 0 heterocycles. The molecule has 0 aliphatic rings. The number of anilines is 2. The predicted octanol–water partition coefficient (Wildman–Crippen LogP) is 8.03. The van der Waals surface area contributed by atoms with Crippen molar-refractivity contribution in [1.29, 1.82) is 0 Å². The second-order valence-electron chi connectivity index (χ2n) is 10.6. The summed E-state index contributed by atoms with van der Waals surface area (Å²) < 4.78 is 11.4. The van der Waals surface area contributed by atoms with Crippen LogP contribution >= 0.6 is 0 Å². The number of unbranched alkanes of at least 4 members (excludes halogenated alkanes) is 10. The molecule has 0 aliphatic heterocycles. The molecular formula is C33H50N2O4. The van der Waals surface area contributed by atoms with E-state index in [0.29, 0.717) is 30.0 Å². The maximum absolute atomic E-state index is 12.5. The van der Waals surface area contributed by atoms with E-state index in [4.69, 9.17) is 20.9 Å². The van der Waals surface area contributed by atoms with Crippen molar-refractivity contribution in [2.75, 3.05) is 18.1 Å². The summed E-state index contributed by atoms with van der Waals surface area (Å²) >= 11 is 0. The Kier molecular flexibility index (Phi) is 16.7. The van der Waals surface area contributed by atoms with Crippen LogP contribution < -0.4 is 11.5 Å². The summed E-state index contributed by atoms with van der Waals surface area (Å²) in [5.74, 6) is -0.114. The average molecular weight is 539 g/mol. The second-order valence-corrected chi connectivity index (χ2v) is 10.6. The lowest BCUT2D eigenvalue weighted by Crippen LogP contribution is -2.19. The maximum atomic E-state index is 12.5. The molecular weight excluding hydrogens is 488 g/mol. The fraction of sp³-hybridized carbons (Fsp3) is 0.576. The zero-order chi connectivity index (χ0) is 28.1. The number of ether oxygens (including phenoxy) is 2. The normalized spacial score (nSPS) is 11.8. The van der Waals surface area contributed by atoms with E-state index in [-0.39, 0.29) is 24.5 Å². The molecule has 1 atom stereocenters. The largest absolute Gasteiger partial charge is 0.461 e. The smallest absolute Gasteiger partial charge is 0.306 e. The minimum atomic E-state index is -0.131. The number of hydrogen-bond donors (Lipinski definition) is 2. The topological polar surface area (TPSA) is 105 Å². The minimum Gasteiger partial charge on any atom is -0.461 e. The Hall–Kier alpha value is -2.86. The average Bonchev–Trinajstić information content (AvgIpc) is 2.94. The zero-order valence-corrected chi connectivity index (χ0v) is 24.0. The Morgan fingerprint density at radius 1 is 0.692 bits per heavy atom. The zero-order valence-electron chi connectivity index (χ0n) is 24.0. The summed E-state index contributed by atoms with van der Waals surface area (Å²) in [7, 11) is 0.